The summed E-state index contributed by atoms with van der Waals surface area (Å²) in [6, 6.07) is 8.71. The van der Waals surface area contributed by atoms with Gasteiger partial charge in [-0.2, -0.15) is 0 Å². The highest BCUT2D eigenvalue weighted by atomic mass is 35.5. The van der Waals surface area contributed by atoms with Crippen molar-refractivity contribution in [2.24, 2.45) is 0 Å². The predicted octanol–water partition coefficient (Wildman–Crippen LogP) is -6.97. The van der Waals surface area contributed by atoms with Crippen LogP contribution in [0.25, 0.3) is 0 Å². The molecule has 126 valence electrons. The molecular weight excluding hydrogens is 323 g/mol. The molecule has 1 aromatic rings. The molecule has 1 atom stereocenters. The lowest BCUT2D eigenvalue weighted by Crippen LogP contribution is -3.29. The van der Waals surface area contributed by atoms with Crippen molar-refractivity contribution < 1.29 is 44.1 Å². The van der Waals surface area contributed by atoms with Gasteiger partial charge in [0.1, 0.15) is 39.3 Å². The second kappa shape index (κ2) is 8.82. The topological polar surface area (TPSA) is 27.3 Å². The van der Waals surface area contributed by atoms with Crippen molar-refractivity contribution >= 4 is 0 Å². The summed E-state index contributed by atoms with van der Waals surface area (Å²) < 4.78 is 11.8. The summed E-state index contributed by atoms with van der Waals surface area (Å²) in [6.07, 6.45) is 0.195. The minimum absolute atomic E-state index is 0. The summed E-state index contributed by atoms with van der Waals surface area (Å²) in [5.74, 6) is 1.78. The van der Waals surface area contributed by atoms with Crippen molar-refractivity contribution in [2.75, 3.05) is 39.3 Å². The fourth-order valence-electron chi connectivity index (χ4n) is 3.19. The fourth-order valence-corrected chi connectivity index (χ4v) is 3.19. The van der Waals surface area contributed by atoms with Gasteiger partial charge in [-0.05, 0) is 26.0 Å². The molecule has 3 rings (SSSR count). The lowest BCUT2D eigenvalue weighted by atomic mass is 10.2. The van der Waals surface area contributed by atoms with Gasteiger partial charge in [-0.3, -0.25) is 0 Å². The van der Waals surface area contributed by atoms with E-state index in [4.69, 9.17) is 9.47 Å². The Balaban J connectivity index is 0.00000121. The molecule has 1 fully saturated rings. The Hall–Kier alpha value is -0.680. The number of piperazine rings is 1. The van der Waals surface area contributed by atoms with E-state index in [-0.39, 0.29) is 30.9 Å². The summed E-state index contributed by atoms with van der Waals surface area (Å²) in [4.78, 5) is 3.39. The highest BCUT2D eigenvalue weighted by molar-refractivity contribution is 5.40. The van der Waals surface area contributed by atoms with Crippen molar-refractivity contribution in [3.8, 4) is 11.5 Å². The summed E-state index contributed by atoms with van der Waals surface area (Å²) in [6.45, 7) is 11.4. The van der Waals surface area contributed by atoms with Gasteiger partial charge in [-0.15, -0.1) is 0 Å². The molecule has 1 aromatic carbocycles. The molecule has 22 heavy (non-hydrogen) atoms. The van der Waals surface area contributed by atoms with Crippen molar-refractivity contribution in [1.82, 2.24) is 0 Å². The number of ether oxygens (including phenoxy) is 2. The quantitative estimate of drug-likeness (QED) is 0.568. The van der Waals surface area contributed by atoms with Crippen LogP contribution >= 0.6 is 0 Å². The van der Waals surface area contributed by atoms with Crippen LogP contribution in [0.15, 0.2) is 24.3 Å². The largest absolute Gasteiger partial charge is 1.00 e. The molecule has 6 heteroatoms. The van der Waals surface area contributed by atoms with E-state index in [0.29, 0.717) is 6.61 Å². The molecule has 2 aliphatic heterocycles. The van der Waals surface area contributed by atoms with Crippen molar-refractivity contribution in [3.05, 3.63) is 24.3 Å². The predicted molar refractivity (Wildman–Crippen MR) is 77.7 cm³/mol. The van der Waals surface area contributed by atoms with Crippen LogP contribution in [-0.2, 0) is 0 Å². The first kappa shape index (κ1) is 19.4. The molecule has 2 aliphatic rings. The van der Waals surface area contributed by atoms with Gasteiger partial charge >= 0.3 is 0 Å². The molecule has 1 saturated heterocycles. The first-order valence-corrected chi connectivity index (χ1v) is 7.79. The average molecular weight is 349 g/mol. The monoisotopic (exact) mass is 348 g/mol. The maximum absolute atomic E-state index is 6.06. The molecule has 0 amide bonds. The second-order valence-corrected chi connectivity index (χ2v) is 6.26. The first-order chi connectivity index (χ1) is 9.72. The van der Waals surface area contributed by atoms with Crippen molar-refractivity contribution in [1.29, 1.82) is 0 Å². The molecule has 0 spiro atoms. The van der Waals surface area contributed by atoms with Crippen LogP contribution in [0.2, 0.25) is 0 Å². The second-order valence-electron chi connectivity index (χ2n) is 6.26. The van der Waals surface area contributed by atoms with E-state index in [2.05, 4.69) is 13.8 Å². The van der Waals surface area contributed by atoms with Crippen LogP contribution in [0, 0.1) is 0 Å². The van der Waals surface area contributed by atoms with Gasteiger partial charge < -0.3 is 44.1 Å². The zero-order chi connectivity index (χ0) is 13.9. The molecule has 1 unspecified atom stereocenters. The van der Waals surface area contributed by atoms with Crippen LogP contribution in [0.5, 0.6) is 11.5 Å². The number of para-hydroxylation sites is 2. The van der Waals surface area contributed by atoms with E-state index < -0.39 is 0 Å². The molecule has 0 radical (unpaired) electrons. The molecular formula is C16H26Cl2N2O2. The molecule has 2 heterocycles. The van der Waals surface area contributed by atoms with E-state index >= 15 is 0 Å². The Labute approximate surface area is 145 Å². The smallest absolute Gasteiger partial charge is 0.181 e. The summed E-state index contributed by atoms with van der Waals surface area (Å²) in [7, 11) is 0. The number of fused-ring (bicyclic) bond motifs is 1. The van der Waals surface area contributed by atoms with Gasteiger partial charge in [-0.1, -0.05) is 12.1 Å². The van der Waals surface area contributed by atoms with Crippen LogP contribution < -0.4 is 44.1 Å². The summed E-state index contributed by atoms with van der Waals surface area (Å²) in [5, 5.41) is 0. The minimum atomic E-state index is 0. The Bertz CT molecular complexity index is 452. The number of halogens is 2. The van der Waals surface area contributed by atoms with Gasteiger partial charge in [0.2, 0.25) is 0 Å². The standard InChI is InChI=1S/C16H24N2O2.2ClH/c1-13(2)18-9-7-17(8-10-18)11-14-12-19-15-5-3-4-6-16(15)20-14;;/h3-6,13-14H,7-12H2,1-2H3;2*1H. The zero-order valence-electron chi connectivity index (χ0n) is 13.3. The summed E-state index contributed by atoms with van der Waals surface area (Å²) >= 11 is 0. The van der Waals surface area contributed by atoms with Gasteiger partial charge in [0.15, 0.2) is 17.6 Å². The highest BCUT2D eigenvalue weighted by Crippen LogP contribution is 2.30. The minimum Gasteiger partial charge on any atom is -1.00 e. The fraction of sp³-hybridized carbons (Fsp3) is 0.625. The lowest BCUT2D eigenvalue weighted by molar-refractivity contribution is -1.02. The summed E-state index contributed by atoms with van der Waals surface area (Å²) in [5.41, 5.74) is 0. The SMILES string of the molecule is CC(C)[NH+]1CC[NH+](CC2COc3ccccc3O2)CC1.[Cl-].[Cl-]. The Kier molecular flexibility index (Phi) is 7.77. The third-order valence-corrected chi connectivity index (χ3v) is 4.50. The number of benzene rings is 1. The molecule has 0 aromatic heterocycles. The third kappa shape index (κ3) is 4.66. The Morgan fingerprint density at radius 1 is 1.05 bits per heavy atom. The number of rotatable bonds is 3. The number of hydrogen-bond acceptors (Lipinski definition) is 2. The third-order valence-electron chi connectivity index (χ3n) is 4.50. The van der Waals surface area contributed by atoms with Crippen molar-refractivity contribution in [3.63, 3.8) is 0 Å². The van der Waals surface area contributed by atoms with E-state index in [0.717, 1.165) is 24.1 Å². The maximum Gasteiger partial charge on any atom is 0.181 e. The van der Waals surface area contributed by atoms with Gasteiger partial charge in [-0.25, -0.2) is 0 Å². The van der Waals surface area contributed by atoms with E-state index in [1.54, 1.807) is 9.80 Å². The van der Waals surface area contributed by atoms with Crippen molar-refractivity contribution in [2.45, 2.75) is 26.0 Å². The van der Waals surface area contributed by atoms with Crippen LogP contribution in [0.4, 0.5) is 0 Å². The van der Waals surface area contributed by atoms with Crippen LogP contribution in [-0.4, -0.2) is 51.5 Å². The number of quaternary nitrogens is 2. The maximum atomic E-state index is 6.06. The van der Waals surface area contributed by atoms with Crippen LogP contribution in [0.3, 0.4) is 0 Å². The van der Waals surface area contributed by atoms with Gasteiger partial charge in [0.05, 0.1) is 6.04 Å². The van der Waals surface area contributed by atoms with Gasteiger partial charge in [0, 0.05) is 0 Å². The van der Waals surface area contributed by atoms with E-state index in [1.807, 2.05) is 24.3 Å². The van der Waals surface area contributed by atoms with Crippen LogP contribution in [0.1, 0.15) is 13.8 Å². The molecule has 0 aliphatic carbocycles. The highest BCUT2D eigenvalue weighted by Gasteiger charge is 2.29. The lowest BCUT2D eigenvalue weighted by Gasteiger charge is -2.34. The number of hydrogen-bond donors (Lipinski definition) is 2. The van der Waals surface area contributed by atoms with E-state index in [9.17, 15) is 0 Å². The Morgan fingerprint density at radius 2 is 1.68 bits per heavy atom. The first-order valence-electron chi connectivity index (χ1n) is 7.79. The molecule has 4 nitrogen and oxygen atoms in total. The molecule has 0 saturated carbocycles. The zero-order valence-corrected chi connectivity index (χ0v) is 14.8. The average Bonchev–Trinajstić information content (AvgIpc) is 2.48. The molecule has 0 bridgehead atoms. The normalized spacial score (nSPS) is 26.8. The number of nitrogens with one attached hydrogen (secondary N) is 2. The van der Waals surface area contributed by atoms with Gasteiger partial charge in [0.25, 0.3) is 0 Å². The molecule has 2 N–H and O–H groups in total. The Morgan fingerprint density at radius 3 is 2.32 bits per heavy atom. The van der Waals surface area contributed by atoms with E-state index in [1.165, 1.54) is 26.2 Å².